The number of hydrogen-bond donors (Lipinski definition) is 1. The van der Waals surface area contributed by atoms with E-state index in [-0.39, 0.29) is 43.1 Å². The molecule has 0 saturated heterocycles. The molecule has 1 atom stereocenters. The van der Waals surface area contributed by atoms with Crippen molar-refractivity contribution in [3.8, 4) is 0 Å². The number of para-hydroxylation sites is 1. The second kappa shape index (κ2) is 9.49. The molecule has 0 aromatic heterocycles. The normalized spacial score (nSPS) is 16.9. The van der Waals surface area contributed by atoms with E-state index in [2.05, 4.69) is 5.32 Å². The van der Waals surface area contributed by atoms with Gasteiger partial charge in [0.05, 0.1) is 11.8 Å². The van der Waals surface area contributed by atoms with Crippen LogP contribution in [0.4, 0.5) is 10.1 Å². The smallest absolute Gasteiger partial charge is 0.254 e. The van der Waals surface area contributed by atoms with Crippen LogP contribution < -0.4 is 10.2 Å². The maximum atomic E-state index is 13.2. The number of rotatable bonds is 4. The third-order valence-corrected chi connectivity index (χ3v) is 5.11. The Labute approximate surface area is 174 Å². The Kier molecular flexibility index (Phi) is 6.79. The van der Waals surface area contributed by atoms with Gasteiger partial charge in [-0.15, -0.1) is 0 Å². The third-order valence-electron chi connectivity index (χ3n) is 5.11. The lowest BCUT2D eigenvalue weighted by atomic mass is 10.0. The molecule has 158 valence electrons. The molecule has 7 nitrogen and oxygen atoms in total. The van der Waals surface area contributed by atoms with Crippen LogP contribution >= 0.6 is 0 Å². The number of anilines is 1. The van der Waals surface area contributed by atoms with E-state index in [1.54, 1.807) is 19.2 Å². The Balaban J connectivity index is 1.98. The SMILES string of the molecule is CNC(=O)CN1C(=O)CN(C(=O)c2ccc(F)cc2)CCC(OC)c2ccccc21. The fraction of sp³-hybridized carbons (Fsp3) is 0.318. The van der Waals surface area contributed by atoms with Gasteiger partial charge in [0.2, 0.25) is 11.8 Å². The van der Waals surface area contributed by atoms with Gasteiger partial charge in [0.25, 0.3) is 5.91 Å². The van der Waals surface area contributed by atoms with E-state index in [1.165, 1.54) is 41.1 Å². The highest BCUT2D eigenvalue weighted by Gasteiger charge is 2.30. The number of nitrogens with zero attached hydrogens (tertiary/aromatic N) is 2. The van der Waals surface area contributed by atoms with Crippen molar-refractivity contribution in [3.05, 3.63) is 65.5 Å². The average Bonchev–Trinajstić information content (AvgIpc) is 2.81. The largest absolute Gasteiger partial charge is 0.377 e. The van der Waals surface area contributed by atoms with Crippen LogP contribution in [0.15, 0.2) is 48.5 Å². The number of benzene rings is 2. The minimum Gasteiger partial charge on any atom is -0.377 e. The van der Waals surface area contributed by atoms with Crippen molar-refractivity contribution in [1.82, 2.24) is 10.2 Å². The van der Waals surface area contributed by atoms with Crippen LogP contribution in [-0.4, -0.2) is 56.4 Å². The monoisotopic (exact) mass is 413 g/mol. The van der Waals surface area contributed by atoms with Crippen LogP contribution in [0.25, 0.3) is 0 Å². The van der Waals surface area contributed by atoms with Gasteiger partial charge in [0, 0.05) is 31.8 Å². The molecule has 0 radical (unpaired) electrons. The van der Waals surface area contributed by atoms with Crippen molar-refractivity contribution >= 4 is 23.4 Å². The molecule has 1 N–H and O–H groups in total. The Hall–Kier alpha value is -3.26. The number of amides is 3. The second-order valence-electron chi connectivity index (χ2n) is 6.96. The molecule has 1 heterocycles. The molecule has 0 saturated carbocycles. The Morgan fingerprint density at radius 1 is 1.17 bits per heavy atom. The summed E-state index contributed by atoms with van der Waals surface area (Å²) in [6.07, 6.45) is 0.0875. The number of carbonyl (C=O) groups is 3. The molecule has 1 aliphatic rings. The highest BCUT2D eigenvalue weighted by Crippen LogP contribution is 2.32. The first kappa shape index (κ1) is 21.4. The molecule has 30 heavy (non-hydrogen) atoms. The number of likely N-dealkylation sites (N-methyl/N-ethyl adjacent to an activating group) is 1. The summed E-state index contributed by atoms with van der Waals surface area (Å²) in [5, 5.41) is 2.53. The fourth-order valence-electron chi connectivity index (χ4n) is 3.49. The van der Waals surface area contributed by atoms with Crippen molar-refractivity contribution in [2.45, 2.75) is 12.5 Å². The third kappa shape index (κ3) is 4.65. The van der Waals surface area contributed by atoms with Crippen LogP contribution in [0.1, 0.15) is 28.4 Å². The first-order valence-electron chi connectivity index (χ1n) is 9.62. The summed E-state index contributed by atoms with van der Waals surface area (Å²) in [6, 6.07) is 12.4. The molecule has 3 rings (SSSR count). The summed E-state index contributed by atoms with van der Waals surface area (Å²) in [5.41, 5.74) is 1.63. The fourth-order valence-corrected chi connectivity index (χ4v) is 3.49. The predicted octanol–water partition coefficient (Wildman–Crippen LogP) is 2.14. The molecule has 2 aromatic carbocycles. The summed E-state index contributed by atoms with van der Waals surface area (Å²) >= 11 is 0. The van der Waals surface area contributed by atoms with E-state index in [0.29, 0.717) is 12.1 Å². The highest BCUT2D eigenvalue weighted by molar-refractivity contribution is 6.03. The maximum absolute atomic E-state index is 13.2. The molecule has 2 aromatic rings. The molecule has 1 unspecified atom stereocenters. The van der Waals surface area contributed by atoms with E-state index < -0.39 is 11.7 Å². The van der Waals surface area contributed by atoms with Crippen LogP contribution in [-0.2, 0) is 14.3 Å². The van der Waals surface area contributed by atoms with E-state index in [0.717, 1.165) is 5.56 Å². The Morgan fingerprint density at radius 2 is 1.87 bits per heavy atom. The molecule has 8 heteroatoms. The number of hydrogen-bond acceptors (Lipinski definition) is 4. The van der Waals surface area contributed by atoms with E-state index in [1.807, 2.05) is 12.1 Å². The van der Waals surface area contributed by atoms with Crippen molar-refractivity contribution in [3.63, 3.8) is 0 Å². The van der Waals surface area contributed by atoms with Crippen LogP contribution in [0.2, 0.25) is 0 Å². The van der Waals surface area contributed by atoms with Crippen LogP contribution in [0.3, 0.4) is 0 Å². The van der Waals surface area contributed by atoms with E-state index in [4.69, 9.17) is 4.74 Å². The van der Waals surface area contributed by atoms with Gasteiger partial charge in [0.15, 0.2) is 0 Å². The minimum absolute atomic E-state index is 0.179. The number of nitrogens with one attached hydrogen (secondary N) is 1. The molecular weight excluding hydrogens is 389 g/mol. The molecule has 0 spiro atoms. The van der Waals surface area contributed by atoms with Gasteiger partial charge in [-0.1, -0.05) is 18.2 Å². The summed E-state index contributed by atoms with van der Waals surface area (Å²) in [5.74, 6) is -1.55. The first-order valence-corrected chi connectivity index (χ1v) is 9.62. The van der Waals surface area contributed by atoms with Crippen molar-refractivity contribution in [2.24, 2.45) is 0 Å². The van der Waals surface area contributed by atoms with Gasteiger partial charge < -0.3 is 19.9 Å². The number of fused-ring (bicyclic) bond motifs is 1. The quantitative estimate of drug-likeness (QED) is 0.833. The topological polar surface area (TPSA) is 79.0 Å². The van der Waals surface area contributed by atoms with Gasteiger partial charge in [-0.2, -0.15) is 0 Å². The number of ether oxygens (including phenoxy) is 1. The first-order chi connectivity index (χ1) is 14.4. The maximum Gasteiger partial charge on any atom is 0.254 e. The Bertz CT molecular complexity index is 932. The average molecular weight is 413 g/mol. The lowest BCUT2D eigenvalue weighted by Gasteiger charge is -2.27. The molecule has 3 amide bonds. The highest BCUT2D eigenvalue weighted by atomic mass is 19.1. The lowest BCUT2D eigenvalue weighted by Crippen LogP contribution is -2.46. The van der Waals surface area contributed by atoms with E-state index >= 15 is 0 Å². The van der Waals surface area contributed by atoms with Crippen LogP contribution in [0.5, 0.6) is 0 Å². The zero-order chi connectivity index (χ0) is 21.7. The standard InChI is InChI=1S/C22H24FN3O4/c1-24-20(27)13-26-18-6-4-3-5-17(18)19(30-2)11-12-25(14-21(26)28)22(29)15-7-9-16(23)10-8-15/h3-10,19H,11-14H2,1-2H3,(H,24,27). The summed E-state index contributed by atoms with van der Waals surface area (Å²) < 4.78 is 18.9. The van der Waals surface area contributed by atoms with Crippen molar-refractivity contribution in [2.75, 3.05) is 38.7 Å². The van der Waals surface area contributed by atoms with Crippen molar-refractivity contribution < 1.29 is 23.5 Å². The van der Waals surface area contributed by atoms with Gasteiger partial charge in [-0.05, 0) is 36.8 Å². The molecule has 0 fully saturated rings. The molecule has 0 aliphatic carbocycles. The van der Waals surface area contributed by atoms with E-state index in [9.17, 15) is 18.8 Å². The molecular formula is C22H24FN3O4. The second-order valence-corrected chi connectivity index (χ2v) is 6.96. The molecule has 0 bridgehead atoms. The summed E-state index contributed by atoms with van der Waals surface area (Å²) in [6.45, 7) is -0.123. The van der Waals surface area contributed by atoms with Gasteiger partial charge in [0.1, 0.15) is 18.9 Å². The van der Waals surface area contributed by atoms with Crippen LogP contribution in [0, 0.1) is 5.82 Å². The lowest BCUT2D eigenvalue weighted by molar-refractivity contribution is -0.123. The Morgan fingerprint density at radius 3 is 2.53 bits per heavy atom. The molecule has 1 aliphatic heterocycles. The minimum atomic E-state index is -0.446. The van der Waals surface area contributed by atoms with Gasteiger partial charge >= 0.3 is 0 Å². The van der Waals surface area contributed by atoms with Gasteiger partial charge in [-0.3, -0.25) is 14.4 Å². The summed E-state index contributed by atoms with van der Waals surface area (Å²) in [4.78, 5) is 41.0. The number of carbonyl (C=O) groups excluding carboxylic acids is 3. The number of halogens is 1. The van der Waals surface area contributed by atoms with Gasteiger partial charge in [-0.25, -0.2) is 4.39 Å². The summed E-state index contributed by atoms with van der Waals surface area (Å²) in [7, 11) is 3.06. The zero-order valence-electron chi connectivity index (χ0n) is 16.9. The number of methoxy groups -OCH3 is 1. The predicted molar refractivity (Wildman–Crippen MR) is 110 cm³/mol. The zero-order valence-corrected chi connectivity index (χ0v) is 16.9. The van der Waals surface area contributed by atoms with Crippen molar-refractivity contribution in [1.29, 1.82) is 0 Å².